The van der Waals surface area contributed by atoms with Gasteiger partial charge >= 0.3 is 0 Å². The first-order chi connectivity index (χ1) is 8.58. The smallest absolute Gasteiger partial charge is 0.222 e. The zero-order chi connectivity index (χ0) is 13.1. The van der Waals surface area contributed by atoms with E-state index in [0.717, 1.165) is 17.6 Å². The summed E-state index contributed by atoms with van der Waals surface area (Å²) in [6.45, 7) is 0. The fourth-order valence-electron chi connectivity index (χ4n) is 1.57. The molecule has 6 heteroatoms. The van der Waals surface area contributed by atoms with E-state index in [0.29, 0.717) is 0 Å². The van der Waals surface area contributed by atoms with Crippen LogP contribution in [0.15, 0.2) is 30.5 Å². The van der Waals surface area contributed by atoms with Gasteiger partial charge in [-0.15, -0.1) is 0 Å². The molecule has 1 heterocycles. The number of nitrogens with one attached hydrogen (secondary N) is 1. The Morgan fingerprint density at radius 1 is 1.28 bits per heavy atom. The van der Waals surface area contributed by atoms with Gasteiger partial charge in [-0.25, -0.2) is 9.37 Å². The second-order valence-electron chi connectivity index (χ2n) is 3.96. The molecule has 2 aromatic rings. The molecule has 0 radical (unpaired) electrons. The van der Waals surface area contributed by atoms with Crippen molar-refractivity contribution >= 4 is 23.1 Å². The lowest BCUT2D eigenvalue weighted by Gasteiger charge is -2.18. The van der Waals surface area contributed by atoms with Gasteiger partial charge in [-0.2, -0.15) is 4.98 Å². The molecule has 18 heavy (non-hydrogen) atoms. The third kappa shape index (κ3) is 2.48. The van der Waals surface area contributed by atoms with Crippen LogP contribution < -0.4 is 16.0 Å². The first-order valence-electron chi connectivity index (χ1n) is 5.39. The molecule has 0 amide bonds. The van der Waals surface area contributed by atoms with Crippen molar-refractivity contribution in [2.45, 2.75) is 0 Å². The first-order valence-corrected chi connectivity index (χ1v) is 5.39. The molecule has 0 unspecified atom stereocenters. The van der Waals surface area contributed by atoms with E-state index in [1.54, 1.807) is 0 Å². The van der Waals surface area contributed by atoms with Crippen molar-refractivity contribution in [3.63, 3.8) is 0 Å². The molecule has 3 N–H and O–H groups in total. The maximum Gasteiger partial charge on any atom is 0.222 e. The Morgan fingerprint density at radius 3 is 2.72 bits per heavy atom. The summed E-state index contributed by atoms with van der Waals surface area (Å²) in [5.41, 5.74) is 7.11. The van der Waals surface area contributed by atoms with E-state index in [2.05, 4.69) is 15.3 Å². The summed E-state index contributed by atoms with van der Waals surface area (Å²) in [6.07, 6.45) is 1.04. The van der Waals surface area contributed by atoms with Crippen molar-refractivity contribution in [2.24, 2.45) is 0 Å². The molecule has 1 aromatic carbocycles. The van der Waals surface area contributed by atoms with Gasteiger partial charge in [-0.3, -0.25) is 0 Å². The van der Waals surface area contributed by atoms with E-state index in [1.165, 1.54) is 0 Å². The maximum absolute atomic E-state index is 13.5. The summed E-state index contributed by atoms with van der Waals surface area (Å²) >= 11 is 0. The number of halogens is 1. The van der Waals surface area contributed by atoms with Gasteiger partial charge in [-0.05, 0) is 12.1 Å². The van der Waals surface area contributed by atoms with Crippen LogP contribution in [0.25, 0.3) is 0 Å². The Bertz CT molecular complexity index is 556. The highest BCUT2D eigenvalue weighted by molar-refractivity contribution is 5.74. The molecule has 94 valence electrons. The minimum Gasteiger partial charge on any atom is -0.376 e. The Labute approximate surface area is 104 Å². The van der Waals surface area contributed by atoms with E-state index in [-0.39, 0.29) is 11.8 Å². The molecule has 0 saturated carbocycles. The molecule has 0 bridgehead atoms. The molecular weight excluding hydrogens is 233 g/mol. The molecule has 1 aromatic heterocycles. The lowest BCUT2D eigenvalue weighted by Crippen LogP contribution is -2.11. The second kappa shape index (κ2) is 4.87. The number of aromatic nitrogens is 2. The van der Waals surface area contributed by atoms with E-state index >= 15 is 0 Å². The predicted octanol–water partition coefficient (Wildman–Crippen LogP) is 2.01. The largest absolute Gasteiger partial charge is 0.376 e. The first kappa shape index (κ1) is 12.1. The summed E-state index contributed by atoms with van der Waals surface area (Å²) in [5, 5.41) is 2.92. The molecular formula is C12H14FN5. The Kier molecular flexibility index (Phi) is 3.27. The monoisotopic (exact) mass is 247 g/mol. The van der Waals surface area contributed by atoms with Gasteiger partial charge in [0, 0.05) is 14.1 Å². The zero-order valence-electron chi connectivity index (χ0n) is 10.2. The standard InChI is InChI=1S/C12H14FN5/c1-18(2)10-6-4-3-5-9(10)16-11-8(13)7-15-12(14)17-11/h3-7H,1-2H3,(H3,14,15,16,17). The van der Waals surface area contributed by atoms with E-state index in [1.807, 2.05) is 43.3 Å². The Morgan fingerprint density at radius 2 is 2.00 bits per heavy atom. The van der Waals surface area contributed by atoms with Crippen LogP contribution in [-0.2, 0) is 0 Å². The highest BCUT2D eigenvalue weighted by atomic mass is 19.1. The number of nitrogens with two attached hydrogens (primary N) is 1. The average Bonchev–Trinajstić information content (AvgIpc) is 2.34. The predicted molar refractivity (Wildman–Crippen MR) is 70.5 cm³/mol. The topological polar surface area (TPSA) is 67.1 Å². The van der Waals surface area contributed by atoms with Crippen molar-refractivity contribution in [3.8, 4) is 0 Å². The van der Waals surface area contributed by atoms with Gasteiger partial charge in [-0.1, -0.05) is 12.1 Å². The number of nitrogens with zero attached hydrogens (tertiary/aromatic N) is 3. The van der Waals surface area contributed by atoms with Gasteiger partial charge in [0.05, 0.1) is 17.6 Å². The highest BCUT2D eigenvalue weighted by Crippen LogP contribution is 2.27. The van der Waals surface area contributed by atoms with Gasteiger partial charge in [0.2, 0.25) is 5.95 Å². The van der Waals surface area contributed by atoms with Crippen LogP contribution in [0.1, 0.15) is 0 Å². The number of anilines is 4. The lowest BCUT2D eigenvalue weighted by atomic mass is 10.2. The fraction of sp³-hybridized carbons (Fsp3) is 0.167. The Balaban J connectivity index is 2.37. The molecule has 0 aliphatic carbocycles. The zero-order valence-corrected chi connectivity index (χ0v) is 10.2. The molecule has 2 rings (SSSR count). The third-order valence-corrected chi connectivity index (χ3v) is 2.40. The van der Waals surface area contributed by atoms with Crippen LogP contribution in [0, 0.1) is 5.82 Å². The Hall–Kier alpha value is -2.37. The molecule has 0 spiro atoms. The molecule has 5 nitrogen and oxygen atoms in total. The molecule has 0 atom stereocenters. The van der Waals surface area contributed by atoms with Crippen molar-refractivity contribution in [3.05, 3.63) is 36.3 Å². The van der Waals surface area contributed by atoms with Crippen molar-refractivity contribution < 1.29 is 4.39 Å². The van der Waals surface area contributed by atoms with Crippen molar-refractivity contribution in [2.75, 3.05) is 30.0 Å². The van der Waals surface area contributed by atoms with Crippen LogP contribution in [-0.4, -0.2) is 24.1 Å². The SMILES string of the molecule is CN(C)c1ccccc1Nc1nc(N)ncc1F. The van der Waals surface area contributed by atoms with E-state index in [9.17, 15) is 4.39 Å². The number of hydrogen-bond donors (Lipinski definition) is 2. The molecule has 0 fully saturated rings. The van der Waals surface area contributed by atoms with Gasteiger partial charge in [0.1, 0.15) is 0 Å². The average molecular weight is 247 g/mol. The van der Waals surface area contributed by atoms with Crippen LogP contribution in [0.4, 0.5) is 27.5 Å². The van der Waals surface area contributed by atoms with Crippen LogP contribution in [0.5, 0.6) is 0 Å². The number of nitrogen functional groups attached to an aromatic ring is 1. The number of hydrogen-bond acceptors (Lipinski definition) is 5. The number of rotatable bonds is 3. The number of para-hydroxylation sites is 2. The van der Waals surface area contributed by atoms with Crippen molar-refractivity contribution in [1.82, 2.24) is 9.97 Å². The summed E-state index contributed by atoms with van der Waals surface area (Å²) in [5.74, 6) is -0.448. The van der Waals surface area contributed by atoms with E-state index in [4.69, 9.17) is 5.73 Å². The molecule has 0 aliphatic rings. The second-order valence-corrected chi connectivity index (χ2v) is 3.96. The van der Waals surface area contributed by atoms with Crippen LogP contribution in [0.2, 0.25) is 0 Å². The van der Waals surface area contributed by atoms with Crippen molar-refractivity contribution in [1.29, 1.82) is 0 Å². The molecule has 0 aliphatic heterocycles. The summed E-state index contributed by atoms with van der Waals surface area (Å²) in [4.78, 5) is 9.33. The normalized spacial score (nSPS) is 10.2. The molecule has 0 saturated heterocycles. The summed E-state index contributed by atoms with van der Waals surface area (Å²) in [7, 11) is 3.82. The maximum atomic E-state index is 13.5. The third-order valence-electron chi connectivity index (χ3n) is 2.40. The fourth-order valence-corrected chi connectivity index (χ4v) is 1.57. The quantitative estimate of drug-likeness (QED) is 0.868. The van der Waals surface area contributed by atoms with Gasteiger partial charge < -0.3 is 16.0 Å². The van der Waals surface area contributed by atoms with Gasteiger partial charge in [0.25, 0.3) is 0 Å². The van der Waals surface area contributed by atoms with Gasteiger partial charge in [0.15, 0.2) is 11.6 Å². The van der Waals surface area contributed by atoms with Crippen LogP contribution in [0.3, 0.4) is 0 Å². The van der Waals surface area contributed by atoms with E-state index < -0.39 is 5.82 Å². The summed E-state index contributed by atoms with van der Waals surface area (Å²) in [6, 6.07) is 7.53. The minimum absolute atomic E-state index is 0.0289. The number of benzene rings is 1. The highest BCUT2D eigenvalue weighted by Gasteiger charge is 2.09. The lowest BCUT2D eigenvalue weighted by molar-refractivity contribution is 0.620. The minimum atomic E-state index is -0.544. The summed E-state index contributed by atoms with van der Waals surface area (Å²) < 4.78 is 13.5. The van der Waals surface area contributed by atoms with Crippen LogP contribution >= 0.6 is 0 Å².